The van der Waals surface area contributed by atoms with Crippen LogP contribution in [0.3, 0.4) is 0 Å². The number of hydrogen-bond acceptors (Lipinski definition) is 2. The topological polar surface area (TPSA) is 49.3 Å². The molecule has 0 fully saturated rings. The molecule has 0 aliphatic rings. The van der Waals surface area contributed by atoms with E-state index in [9.17, 15) is 4.79 Å². The van der Waals surface area contributed by atoms with E-state index in [0.29, 0.717) is 11.1 Å². The van der Waals surface area contributed by atoms with Crippen LogP contribution in [0.15, 0.2) is 18.2 Å². The molecule has 1 rings (SSSR count). The van der Waals surface area contributed by atoms with Gasteiger partial charge in [0.05, 0.1) is 5.56 Å². The molecular formula is C17H23NO2. The highest BCUT2D eigenvalue weighted by atomic mass is 16.2. The fourth-order valence-electron chi connectivity index (χ4n) is 2.08. The lowest BCUT2D eigenvalue weighted by molar-refractivity contribution is 0.0933. The average Bonchev–Trinajstić information content (AvgIpc) is 2.45. The van der Waals surface area contributed by atoms with Gasteiger partial charge in [-0.05, 0) is 31.9 Å². The van der Waals surface area contributed by atoms with E-state index in [0.717, 1.165) is 24.8 Å². The van der Waals surface area contributed by atoms with Crippen molar-refractivity contribution < 1.29 is 9.90 Å². The monoisotopic (exact) mass is 273 g/mol. The first-order valence-corrected chi connectivity index (χ1v) is 7.13. The van der Waals surface area contributed by atoms with Gasteiger partial charge in [-0.2, -0.15) is 0 Å². The Kier molecular flexibility index (Phi) is 6.83. The lowest BCUT2D eigenvalue weighted by atomic mass is 10.0. The summed E-state index contributed by atoms with van der Waals surface area (Å²) in [5.74, 6) is 5.34. The number of nitrogens with one attached hydrogen (secondary N) is 1. The Morgan fingerprint density at radius 3 is 2.75 bits per heavy atom. The third-order valence-electron chi connectivity index (χ3n) is 3.19. The maximum Gasteiger partial charge on any atom is 0.252 e. The Bertz CT molecular complexity index is 511. The van der Waals surface area contributed by atoms with Gasteiger partial charge in [0.2, 0.25) is 0 Å². The number of hydrogen-bond donors (Lipinski definition) is 2. The van der Waals surface area contributed by atoms with E-state index >= 15 is 0 Å². The minimum atomic E-state index is -0.206. The number of amides is 1. The summed E-state index contributed by atoms with van der Waals surface area (Å²) in [7, 11) is 0. The average molecular weight is 273 g/mol. The number of aliphatic hydroxyl groups excluding tert-OH is 1. The smallest absolute Gasteiger partial charge is 0.252 e. The summed E-state index contributed by atoms with van der Waals surface area (Å²) in [4.78, 5) is 12.4. The molecular weight excluding hydrogens is 250 g/mol. The van der Waals surface area contributed by atoms with Gasteiger partial charge in [-0.25, -0.2) is 0 Å². The molecule has 0 radical (unpaired) electrons. The molecule has 0 bridgehead atoms. The van der Waals surface area contributed by atoms with Crippen molar-refractivity contribution in [3.8, 4) is 11.8 Å². The molecule has 3 heteroatoms. The van der Waals surface area contributed by atoms with E-state index in [-0.39, 0.29) is 18.6 Å². The minimum absolute atomic E-state index is 0.0868. The van der Waals surface area contributed by atoms with Crippen molar-refractivity contribution in [1.82, 2.24) is 5.32 Å². The molecule has 2 N–H and O–H groups in total. The standard InChI is InChI=1S/C17H23NO2/c1-4-7-15(5-2)18-17(20)16-12-13(3)9-10-14(16)8-6-11-19/h9-10,12,15,19H,4-5,7,11H2,1-3H3,(H,18,20). The summed E-state index contributed by atoms with van der Waals surface area (Å²) >= 11 is 0. The van der Waals surface area contributed by atoms with Gasteiger partial charge in [0.1, 0.15) is 6.61 Å². The molecule has 0 aliphatic carbocycles. The number of carbonyl (C=O) groups is 1. The fourth-order valence-corrected chi connectivity index (χ4v) is 2.08. The summed E-state index contributed by atoms with van der Waals surface area (Å²) in [5, 5.41) is 11.8. The molecule has 0 saturated carbocycles. The molecule has 0 aromatic heterocycles. The van der Waals surface area contributed by atoms with Gasteiger partial charge in [0.15, 0.2) is 0 Å². The summed E-state index contributed by atoms with van der Waals surface area (Å²) in [6.07, 6.45) is 2.94. The first kappa shape index (κ1) is 16.3. The predicted molar refractivity (Wildman–Crippen MR) is 81.6 cm³/mol. The van der Waals surface area contributed by atoms with Crippen LogP contribution in [0.1, 0.15) is 54.6 Å². The molecule has 0 spiro atoms. The Balaban J connectivity index is 2.98. The second-order valence-corrected chi connectivity index (χ2v) is 4.88. The van der Waals surface area contributed by atoms with Crippen LogP contribution in [0, 0.1) is 18.8 Å². The van der Waals surface area contributed by atoms with Crippen LogP contribution in [0.2, 0.25) is 0 Å². The zero-order valence-corrected chi connectivity index (χ0v) is 12.5. The molecule has 3 nitrogen and oxygen atoms in total. The van der Waals surface area contributed by atoms with Gasteiger partial charge in [0, 0.05) is 11.6 Å². The number of benzene rings is 1. The Labute approximate surface area is 121 Å². The maximum absolute atomic E-state index is 12.4. The molecule has 1 atom stereocenters. The summed E-state index contributed by atoms with van der Waals surface area (Å²) in [6, 6.07) is 5.79. The van der Waals surface area contributed by atoms with E-state index in [1.807, 2.05) is 25.1 Å². The van der Waals surface area contributed by atoms with Gasteiger partial charge < -0.3 is 10.4 Å². The number of aliphatic hydroxyl groups is 1. The van der Waals surface area contributed by atoms with Crippen LogP contribution < -0.4 is 5.32 Å². The van der Waals surface area contributed by atoms with Crippen LogP contribution in [0.4, 0.5) is 0 Å². The molecule has 0 heterocycles. The van der Waals surface area contributed by atoms with Gasteiger partial charge in [-0.3, -0.25) is 4.79 Å². The zero-order chi connectivity index (χ0) is 15.0. The largest absolute Gasteiger partial charge is 0.384 e. The van der Waals surface area contributed by atoms with Crippen LogP contribution in [0.25, 0.3) is 0 Å². The molecule has 1 aromatic rings. The van der Waals surface area contributed by atoms with Gasteiger partial charge in [-0.15, -0.1) is 0 Å². The van der Waals surface area contributed by atoms with E-state index in [1.54, 1.807) is 0 Å². The normalized spacial score (nSPS) is 11.4. The van der Waals surface area contributed by atoms with E-state index in [2.05, 4.69) is 31.0 Å². The Morgan fingerprint density at radius 1 is 1.40 bits per heavy atom. The van der Waals surface area contributed by atoms with E-state index < -0.39 is 0 Å². The van der Waals surface area contributed by atoms with Crippen molar-refractivity contribution in [2.75, 3.05) is 6.61 Å². The highest BCUT2D eigenvalue weighted by Crippen LogP contribution is 2.12. The van der Waals surface area contributed by atoms with Crippen LogP contribution >= 0.6 is 0 Å². The molecule has 1 amide bonds. The van der Waals surface area contributed by atoms with Gasteiger partial charge >= 0.3 is 0 Å². The predicted octanol–water partition coefficient (Wildman–Crippen LogP) is 2.65. The third-order valence-corrected chi connectivity index (χ3v) is 3.19. The summed E-state index contributed by atoms with van der Waals surface area (Å²) in [6.45, 7) is 5.93. The minimum Gasteiger partial charge on any atom is -0.384 e. The van der Waals surface area contributed by atoms with Crippen molar-refractivity contribution in [3.63, 3.8) is 0 Å². The van der Waals surface area contributed by atoms with E-state index in [4.69, 9.17) is 5.11 Å². The number of carbonyl (C=O) groups excluding carboxylic acids is 1. The van der Waals surface area contributed by atoms with Crippen LogP contribution in [-0.2, 0) is 0 Å². The second kappa shape index (κ2) is 8.39. The second-order valence-electron chi connectivity index (χ2n) is 4.88. The molecule has 1 aromatic carbocycles. The SMILES string of the molecule is CCCC(CC)NC(=O)c1cc(C)ccc1C#CCO. The first-order valence-electron chi connectivity index (χ1n) is 7.13. The third kappa shape index (κ3) is 4.71. The summed E-state index contributed by atoms with van der Waals surface area (Å²) in [5.41, 5.74) is 2.27. The van der Waals surface area contributed by atoms with Gasteiger partial charge in [0.25, 0.3) is 5.91 Å². The van der Waals surface area contributed by atoms with Crippen molar-refractivity contribution in [3.05, 3.63) is 34.9 Å². The van der Waals surface area contributed by atoms with Crippen molar-refractivity contribution in [2.24, 2.45) is 0 Å². The van der Waals surface area contributed by atoms with Crippen molar-refractivity contribution in [2.45, 2.75) is 46.1 Å². The zero-order valence-electron chi connectivity index (χ0n) is 12.5. The number of aryl methyl sites for hydroxylation is 1. The van der Waals surface area contributed by atoms with E-state index in [1.165, 1.54) is 0 Å². The van der Waals surface area contributed by atoms with Crippen LogP contribution in [0.5, 0.6) is 0 Å². The highest BCUT2D eigenvalue weighted by Gasteiger charge is 2.14. The summed E-state index contributed by atoms with van der Waals surface area (Å²) < 4.78 is 0. The van der Waals surface area contributed by atoms with Crippen molar-refractivity contribution in [1.29, 1.82) is 0 Å². The molecule has 20 heavy (non-hydrogen) atoms. The van der Waals surface area contributed by atoms with Gasteiger partial charge in [-0.1, -0.05) is 43.7 Å². The Morgan fingerprint density at radius 2 is 2.15 bits per heavy atom. The van der Waals surface area contributed by atoms with Crippen molar-refractivity contribution >= 4 is 5.91 Å². The Hall–Kier alpha value is -1.79. The highest BCUT2D eigenvalue weighted by molar-refractivity contribution is 5.97. The number of rotatable bonds is 5. The lowest BCUT2D eigenvalue weighted by Gasteiger charge is -2.17. The maximum atomic E-state index is 12.4. The lowest BCUT2D eigenvalue weighted by Crippen LogP contribution is -2.34. The fraction of sp³-hybridized carbons (Fsp3) is 0.471. The molecule has 1 unspecified atom stereocenters. The molecule has 0 saturated heterocycles. The molecule has 108 valence electrons. The quantitative estimate of drug-likeness (QED) is 0.810. The molecule has 0 aliphatic heterocycles. The van der Waals surface area contributed by atoms with Crippen LogP contribution in [-0.4, -0.2) is 23.7 Å². The first-order chi connectivity index (χ1) is 9.62.